The number of rotatable bonds is 3. The molecule has 0 fully saturated rings. The van der Waals surface area contributed by atoms with Crippen LogP contribution in [0.3, 0.4) is 0 Å². The van der Waals surface area contributed by atoms with Gasteiger partial charge in [-0.3, -0.25) is 9.89 Å². The fraction of sp³-hybridized carbons (Fsp3) is 0. The average molecular weight is 325 g/mol. The number of H-pyrrole nitrogens is 1. The van der Waals surface area contributed by atoms with Crippen LogP contribution in [0.4, 0.5) is 5.82 Å². The fourth-order valence-electron chi connectivity index (χ4n) is 1.39. The van der Waals surface area contributed by atoms with E-state index in [0.29, 0.717) is 21.4 Å². The van der Waals surface area contributed by atoms with Gasteiger partial charge in [-0.25, -0.2) is 0 Å². The van der Waals surface area contributed by atoms with Gasteiger partial charge in [0.1, 0.15) is 10.8 Å². The molecule has 0 aliphatic heterocycles. The first-order chi connectivity index (χ1) is 8.59. The lowest BCUT2D eigenvalue weighted by atomic mass is 10.2. The maximum Gasteiger partial charge on any atom is 0.257 e. The van der Waals surface area contributed by atoms with Gasteiger partial charge in [-0.1, -0.05) is 24.4 Å². The summed E-state index contributed by atoms with van der Waals surface area (Å²) in [5.41, 5.74) is 6.53. The lowest BCUT2D eigenvalue weighted by Crippen LogP contribution is -2.17. The van der Waals surface area contributed by atoms with Crippen LogP contribution in [0.5, 0.6) is 0 Å². The highest BCUT2D eigenvalue weighted by molar-refractivity contribution is 9.10. The number of carbonyl (C=O) groups excluding carboxylic acids is 1. The number of amides is 1. The number of aromatic amines is 1. The van der Waals surface area contributed by atoms with Crippen molar-refractivity contribution in [3.05, 3.63) is 46.1 Å². The molecule has 1 heterocycles. The van der Waals surface area contributed by atoms with E-state index in [4.69, 9.17) is 18.0 Å². The van der Waals surface area contributed by atoms with Crippen LogP contribution in [-0.4, -0.2) is 21.1 Å². The number of hydrogen-bond donors (Lipinski definition) is 3. The first-order valence-corrected chi connectivity index (χ1v) is 6.18. The Kier molecular flexibility index (Phi) is 3.73. The van der Waals surface area contributed by atoms with Crippen LogP contribution in [0.15, 0.2) is 34.9 Å². The van der Waals surface area contributed by atoms with E-state index in [1.807, 2.05) is 6.07 Å². The lowest BCUT2D eigenvalue weighted by molar-refractivity contribution is 0.102. The fourth-order valence-corrected chi connectivity index (χ4v) is 2.01. The van der Waals surface area contributed by atoms with Crippen molar-refractivity contribution in [1.82, 2.24) is 10.2 Å². The van der Waals surface area contributed by atoms with Crippen LogP contribution < -0.4 is 11.1 Å². The van der Waals surface area contributed by atoms with Gasteiger partial charge in [0.25, 0.3) is 5.91 Å². The van der Waals surface area contributed by atoms with E-state index in [1.54, 1.807) is 18.2 Å². The highest BCUT2D eigenvalue weighted by Crippen LogP contribution is 2.18. The van der Waals surface area contributed by atoms with Crippen LogP contribution in [0, 0.1) is 0 Å². The molecule has 1 aromatic heterocycles. The normalized spacial score (nSPS) is 10.1. The van der Waals surface area contributed by atoms with Gasteiger partial charge < -0.3 is 11.1 Å². The molecule has 2 rings (SSSR count). The monoisotopic (exact) mass is 324 g/mol. The number of thiocarbonyl (C=S) groups is 1. The van der Waals surface area contributed by atoms with Crippen LogP contribution >= 0.6 is 28.1 Å². The minimum absolute atomic E-state index is 0.172. The molecule has 2 aromatic rings. The molecule has 0 unspecified atom stereocenters. The molecule has 0 aliphatic rings. The molecule has 0 spiro atoms. The van der Waals surface area contributed by atoms with Gasteiger partial charge in [-0.2, -0.15) is 5.10 Å². The molecule has 0 bridgehead atoms. The summed E-state index contributed by atoms with van der Waals surface area (Å²) in [4.78, 5) is 12.2. The molecule has 1 aromatic carbocycles. The predicted molar refractivity (Wildman–Crippen MR) is 76.6 cm³/mol. The quantitative estimate of drug-likeness (QED) is 0.754. The number of anilines is 1. The molecule has 1 amide bonds. The second kappa shape index (κ2) is 5.28. The minimum atomic E-state index is -0.274. The number of nitrogens with zero attached hydrogens (tertiary/aromatic N) is 1. The maximum absolute atomic E-state index is 12.0. The van der Waals surface area contributed by atoms with Crippen molar-refractivity contribution in [3.8, 4) is 0 Å². The second-order valence-electron chi connectivity index (χ2n) is 3.46. The Bertz CT molecular complexity index is 611. The standard InChI is InChI=1S/C11H9BrN4OS/c12-8-4-2-1-3-6(8)11(17)15-10-7(9(13)18)5-14-16-10/h1-5H,(H2,13,18)(H2,14,15,16,17). The van der Waals surface area contributed by atoms with Crippen molar-refractivity contribution < 1.29 is 4.79 Å². The minimum Gasteiger partial charge on any atom is -0.389 e. The van der Waals surface area contributed by atoms with Gasteiger partial charge in [-0.05, 0) is 28.1 Å². The summed E-state index contributed by atoms with van der Waals surface area (Å²) in [5.74, 6) is 0.118. The molecule has 7 heteroatoms. The summed E-state index contributed by atoms with van der Waals surface area (Å²) in [6.07, 6.45) is 1.47. The van der Waals surface area contributed by atoms with Crippen molar-refractivity contribution >= 4 is 44.9 Å². The Balaban J connectivity index is 2.25. The van der Waals surface area contributed by atoms with E-state index >= 15 is 0 Å². The Hall–Kier alpha value is -1.73. The first-order valence-electron chi connectivity index (χ1n) is 4.98. The van der Waals surface area contributed by atoms with Crippen LogP contribution in [0.2, 0.25) is 0 Å². The smallest absolute Gasteiger partial charge is 0.257 e. The summed E-state index contributed by atoms with van der Waals surface area (Å²) in [6, 6.07) is 7.10. The summed E-state index contributed by atoms with van der Waals surface area (Å²) in [5, 5.41) is 9.11. The van der Waals surface area contributed by atoms with E-state index in [-0.39, 0.29) is 10.9 Å². The molecule has 4 N–H and O–H groups in total. The van der Waals surface area contributed by atoms with Crippen molar-refractivity contribution in [3.63, 3.8) is 0 Å². The molecule has 5 nitrogen and oxygen atoms in total. The number of halogens is 1. The highest BCUT2D eigenvalue weighted by Gasteiger charge is 2.14. The van der Waals surface area contributed by atoms with E-state index in [1.165, 1.54) is 6.20 Å². The van der Waals surface area contributed by atoms with Crippen molar-refractivity contribution in [2.45, 2.75) is 0 Å². The van der Waals surface area contributed by atoms with Gasteiger partial charge in [-0.15, -0.1) is 0 Å². The number of aromatic nitrogens is 2. The third-order valence-corrected chi connectivity index (χ3v) is 3.17. The Morgan fingerprint density at radius 3 is 2.78 bits per heavy atom. The summed E-state index contributed by atoms with van der Waals surface area (Å²) >= 11 is 8.17. The number of benzene rings is 1. The molecule has 18 heavy (non-hydrogen) atoms. The third-order valence-electron chi connectivity index (χ3n) is 2.26. The Labute approximate surface area is 117 Å². The number of carbonyl (C=O) groups is 1. The van der Waals surface area contributed by atoms with Gasteiger partial charge >= 0.3 is 0 Å². The SMILES string of the molecule is NC(=S)c1cn[nH]c1NC(=O)c1ccccc1Br. The van der Waals surface area contributed by atoms with Gasteiger partial charge in [0, 0.05) is 4.47 Å². The van der Waals surface area contributed by atoms with Crippen molar-refractivity contribution in [2.24, 2.45) is 5.73 Å². The molecule has 0 saturated carbocycles. The van der Waals surface area contributed by atoms with Crippen molar-refractivity contribution in [1.29, 1.82) is 0 Å². The van der Waals surface area contributed by atoms with Gasteiger partial charge in [0.2, 0.25) is 0 Å². The van der Waals surface area contributed by atoms with Gasteiger partial charge in [0.15, 0.2) is 0 Å². The predicted octanol–water partition coefficient (Wildman–Crippen LogP) is 2.06. The second-order valence-corrected chi connectivity index (χ2v) is 4.75. The Morgan fingerprint density at radius 2 is 2.11 bits per heavy atom. The van der Waals surface area contributed by atoms with E-state index in [0.717, 1.165) is 0 Å². The first kappa shape index (κ1) is 12.7. The topological polar surface area (TPSA) is 83.8 Å². The molecule has 92 valence electrons. The van der Waals surface area contributed by atoms with Crippen LogP contribution in [0.1, 0.15) is 15.9 Å². The van der Waals surface area contributed by atoms with Crippen molar-refractivity contribution in [2.75, 3.05) is 5.32 Å². The van der Waals surface area contributed by atoms with Gasteiger partial charge in [0.05, 0.1) is 17.3 Å². The molecule has 0 saturated heterocycles. The summed E-state index contributed by atoms with van der Waals surface area (Å²) in [6.45, 7) is 0. The summed E-state index contributed by atoms with van der Waals surface area (Å²) in [7, 11) is 0. The number of nitrogens with one attached hydrogen (secondary N) is 2. The van der Waals surface area contributed by atoms with Crippen LogP contribution in [0.25, 0.3) is 0 Å². The lowest BCUT2D eigenvalue weighted by Gasteiger charge is -2.06. The molecule has 0 aliphatic carbocycles. The molecular weight excluding hydrogens is 316 g/mol. The highest BCUT2D eigenvalue weighted by atomic mass is 79.9. The zero-order chi connectivity index (χ0) is 13.1. The third kappa shape index (κ3) is 2.57. The molecule has 0 atom stereocenters. The molecular formula is C11H9BrN4OS. The maximum atomic E-state index is 12.0. The zero-order valence-corrected chi connectivity index (χ0v) is 11.5. The van der Waals surface area contributed by atoms with E-state index < -0.39 is 0 Å². The average Bonchev–Trinajstić information content (AvgIpc) is 2.77. The Morgan fingerprint density at radius 1 is 1.39 bits per heavy atom. The summed E-state index contributed by atoms with van der Waals surface area (Å²) < 4.78 is 0.707. The zero-order valence-electron chi connectivity index (χ0n) is 9.11. The van der Waals surface area contributed by atoms with E-state index in [2.05, 4.69) is 31.4 Å². The number of nitrogens with two attached hydrogens (primary N) is 1. The van der Waals surface area contributed by atoms with E-state index in [9.17, 15) is 4.79 Å². The number of hydrogen-bond acceptors (Lipinski definition) is 3. The van der Waals surface area contributed by atoms with Crippen LogP contribution in [-0.2, 0) is 0 Å². The molecule has 0 radical (unpaired) electrons. The largest absolute Gasteiger partial charge is 0.389 e.